The first-order valence-electron chi connectivity index (χ1n) is 7.79. The van der Waals surface area contributed by atoms with E-state index >= 15 is 0 Å². The Morgan fingerprint density at radius 3 is 2.13 bits per heavy atom. The fraction of sp³-hybridized carbons (Fsp3) is 0.600. The Kier molecular flexibility index (Phi) is 7.83. The summed E-state index contributed by atoms with van der Waals surface area (Å²) in [7, 11) is -3.55. The molecule has 0 radical (unpaired) electrons. The molecule has 23 heavy (non-hydrogen) atoms. The van der Waals surface area contributed by atoms with Gasteiger partial charge in [0.1, 0.15) is 0 Å². The molecule has 0 amide bonds. The van der Waals surface area contributed by atoms with Crippen molar-refractivity contribution in [3.63, 3.8) is 0 Å². The van der Waals surface area contributed by atoms with Crippen molar-refractivity contribution in [1.82, 2.24) is 14.2 Å². The van der Waals surface area contributed by atoms with Crippen LogP contribution >= 0.6 is 30.9 Å². The van der Waals surface area contributed by atoms with E-state index in [9.17, 15) is 9.46 Å². The first-order chi connectivity index (χ1) is 11.1. The van der Waals surface area contributed by atoms with Crippen molar-refractivity contribution in [1.29, 1.82) is 0 Å². The molecule has 2 rings (SSSR count). The second-order valence-corrected chi connectivity index (χ2v) is 8.47. The number of benzene rings is 1. The van der Waals surface area contributed by atoms with Gasteiger partial charge < -0.3 is 4.89 Å². The molecule has 130 valence electrons. The van der Waals surface area contributed by atoms with Crippen LogP contribution in [0.5, 0.6) is 0 Å². The average molecular weight is 380 g/mol. The van der Waals surface area contributed by atoms with Crippen molar-refractivity contribution in [2.24, 2.45) is 0 Å². The molecule has 5 nitrogen and oxygen atoms in total. The average Bonchev–Trinajstić information content (AvgIpc) is 2.56. The quantitative estimate of drug-likeness (QED) is 0.555. The topological polar surface area (TPSA) is 47.0 Å². The van der Waals surface area contributed by atoms with Crippen LogP contribution in [0.1, 0.15) is 5.56 Å². The lowest BCUT2D eigenvalue weighted by Gasteiger charge is -2.40. The molecule has 0 bridgehead atoms. The highest BCUT2D eigenvalue weighted by Gasteiger charge is 2.36. The van der Waals surface area contributed by atoms with Gasteiger partial charge in [-0.3, -0.25) is 9.46 Å². The fourth-order valence-corrected chi connectivity index (χ4v) is 5.17. The van der Waals surface area contributed by atoms with Crippen LogP contribution in [0, 0.1) is 0 Å². The maximum Gasteiger partial charge on any atom is 0.343 e. The molecule has 1 aromatic carbocycles. The summed E-state index contributed by atoms with van der Waals surface area (Å²) >= 11 is 11.5. The summed E-state index contributed by atoms with van der Waals surface area (Å²) in [5, 5.41) is 0. The third kappa shape index (κ3) is 5.43. The number of halogens is 2. The van der Waals surface area contributed by atoms with E-state index in [4.69, 9.17) is 23.2 Å². The maximum absolute atomic E-state index is 12.8. The minimum atomic E-state index is -3.55. The molecule has 8 heteroatoms. The van der Waals surface area contributed by atoms with Crippen molar-refractivity contribution < 1.29 is 9.46 Å². The zero-order valence-electron chi connectivity index (χ0n) is 13.2. The monoisotopic (exact) mass is 379 g/mol. The van der Waals surface area contributed by atoms with E-state index in [1.807, 2.05) is 18.2 Å². The van der Waals surface area contributed by atoms with Gasteiger partial charge in [0.25, 0.3) is 0 Å². The second kappa shape index (κ2) is 9.38. The van der Waals surface area contributed by atoms with E-state index in [1.165, 1.54) is 10.2 Å². The zero-order chi connectivity index (χ0) is 16.7. The van der Waals surface area contributed by atoms with Crippen molar-refractivity contribution >= 4 is 30.9 Å². The van der Waals surface area contributed by atoms with E-state index in [0.29, 0.717) is 37.9 Å². The summed E-state index contributed by atoms with van der Waals surface area (Å²) in [4.78, 5) is 12.8. The van der Waals surface area contributed by atoms with Gasteiger partial charge in [-0.15, -0.1) is 23.2 Å². The molecule has 1 aliphatic rings. The molecule has 1 aromatic rings. The number of alkyl halides is 2. The standard InChI is InChI=1S/C15H24Cl2N3O2P/c16-6-8-19(9-7-17)23(21,22)20-12-10-18(11-13-20)14-15-4-2-1-3-5-15/h1-5H,6-14H2,(H,21,22). The Labute approximate surface area is 148 Å². The number of rotatable bonds is 8. The van der Waals surface area contributed by atoms with E-state index in [2.05, 4.69) is 17.0 Å². The summed E-state index contributed by atoms with van der Waals surface area (Å²) in [6.07, 6.45) is 0. The first-order valence-corrected chi connectivity index (χ1v) is 10.4. The van der Waals surface area contributed by atoms with Gasteiger partial charge in [-0.25, -0.2) is 9.34 Å². The van der Waals surface area contributed by atoms with Crippen molar-refractivity contribution in [3.8, 4) is 0 Å². The third-order valence-corrected chi connectivity index (χ3v) is 6.63. The van der Waals surface area contributed by atoms with E-state index in [-0.39, 0.29) is 0 Å². The Bertz CT molecular complexity index is 507. The minimum Gasteiger partial charge on any atom is -0.322 e. The molecule has 0 saturated carbocycles. The normalized spacial score (nSPS) is 19.8. The molecule has 0 aromatic heterocycles. The SMILES string of the molecule is O=P(O)(N(CCCl)CCCl)N1CCN(Cc2ccccc2)CC1. The van der Waals surface area contributed by atoms with Crippen LogP contribution in [0.25, 0.3) is 0 Å². The number of piperazine rings is 1. The summed E-state index contributed by atoms with van der Waals surface area (Å²) < 4.78 is 16.0. The molecule has 0 spiro atoms. The van der Waals surface area contributed by atoms with Crippen LogP contribution < -0.4 is 0 Å². The largest absolute Gasteiger partial charge is 0.343 e. The van der Waals surface area contributed by atoms with Gasteiger partial charge in [0.05, 0.1) is 0 Å². The lowest BCUT2D eigenvalue weighted by Crippen LogP contribution is -2.46. The molecule has 1 aliphatic heterocycles. The Morgan fingerprint density at radius 1 is 1.04 bits per heavy atom. The van der Waals surface area contributed by atoms with Gasteiger partial charge in [-0.05, 0) is 5.56 Å². The summed E-state index contributed by atoms with van der Waals surface area (Å²) in [5.41, 5.74) is 1.26. The molecule has 1 N–H and O–H groups in total. The summed E-state index contributed by atoms with van der Waals surface area (Å²) in [6, 6.07) is 10.3. The molecule has 1 unspecified atom stereocenters. The fourth-order valence-electron chi connectivity index (χ4n) is 2.74. The van der Waals surface area contributed by atoms with Gasteiger partial charge in [0.2, 0.25) is 0 Å². The van der Waals surface area contributed by atoms with E-state index < -0.39 is 7.67 Å². The van der Waals surface area contributed by atoms with Gasteiger partial charge >= 0.3 is 7.67 Å². The number of nitrogens with zero attached hydrogens (tertiary/aromatic N) is 3. The van der Waals surface area contributed by atoms with Gasteiger partial charge in [-0.1, -0.05) is 30.3 Å². The lowest BCUT2D eigenvalue weighted by atomic mass is 10.2. The highest BCUT2D eigenvalue weighted by Crippen LogP contribution is 2.49. The first kappa shape index (κ1) is 19.2. The number of hydrogen-bond donors (Lipinski definition) is 1. The lowest BCUT2D eigenvalue weighted by molar-refractivity contribution is 0.159. The van der Waals surface area contributed by atoms with E-state index in [0.717, 1.165) is 19.6 Å². The molecular formula is C15H24Cl2N3O2P. The van der Waals surface area contributed by atoms with Gasteiger partial charge in [0.15, 0.2) is 0 Å². The highest BCUT2D eigenvalue weighted by atomic mass is 35.5. The molecule has 0 aliphatic carbocycles. The second-order valence-electron chi connectivity index (χ2n) is 5.56. The van der Waals surface area contributed by atoms with Crippen LogP contribution in [-0.2, 0) is 11.1 Å². The van der Waals surface area contributed by atoms with Crippen LogP contribution in [0.15, 0.2) is 30.3 Å². The van der Waals surface area contributed by atoms with Crippen LogP contribution in [-0.4, -0.2) is 70.2 Å². The van der Waals surface area contributed by atoms with Crippen molar-refractivity contribution in [3.05, 3.63) is 35.9 Å². The van der Waals surface area contributed by atoms with Crippen molar-refractivity contribution in [2.75, 3.05) is 51.0 Å². The Balaban J connectivity index is 1.90. The highest BCUT2D eigenvalue weighted by molar-refractivity contribution is 7.52. The molecular weight excluding hydrogens is 356 g/mol. The molecule has 1 heterocycles. The minimum absolute atomic E-state index is 0.315. The van der Waals surface area contributed by atoms with Gasteiger partial charge in [-0.2, -0.15) is 0 Å². The van der Waals surface area contributed by atoms with E-state index in [1.54, 1.807) is 4.67 Å². The van der Waals surface area contributed by atoms with Crippen LogP contribution in [0.3, 0.4) is 0 Å². The predicted octanol–water partition coefficient (Wildman–Crippen LogP) is 2.68. The molecule has 1 fully saturated rings. The smallest absolute Gasteiger partial charge is 0.322 e. The molecule has 1 atom stereocenters. The predicted molar refractivity (Wildman–Crippen MR) is 96.1 cm³/mol. The van der Waals surface area contributed by atoms with Crippen molar-refractivity contribution in [2.45, 2.75) is 6.54 Å². The van der Waals surface area contributed by atoms with Crippen LogP contribution in [0.2, 0.25) is 0 Å². The summed E-state index contributed by atoms with van der Waals surface area (Å²) in [6.45, 7) is 4.30. The Morgan fingerprint density at radius 2 is 1.61 bits per heavy atom. The van der Waals surface area contributed by atoms with Crippen LogP contribution in [0.4, 0.5) is 0 Å². The number of hydrogen-bond acceptors (Lipinski definition) is 2. The maximum atomic E-state index is 12.8. The molecule has 1 saturated heterocycles. The summed E-state index contributed by atoms with van der Waals surface area (Å²) in [5.74, 6) is 0.630. The van der Waals surface area contributed by atoms with Gasteiger partial charge in [0, 0.05) is 57.6 Å². The Hall–Kier alpha value is -0.130. The third-order valence-electron chi connectivity index (χ3n) is 4.02. The zero-order valence-corrected chi connectivity index (χ0v) is 15.6.